The average molecular weight is 475 g/mol. The highest BCUT2D eigenvalue weighted by Crippen LogP contribution is 2.38. The Labute approximate surface area is 202 Å². The molecule has 0 spiro atoms. The number of ether oxygens (including phenoxy) is 1. The van der Waals surface area contributed by atoms with Gasteiger partial charge in [-0.15, -0.1) is 11.3 Å². The van der Waals surface area contributed by atoms with Crippen LogP contribution in [-0.2, 0) is 17.6 Å². The van der Waals surface area contributed by atoms with Crippen LogP contribution < -0.4 is 5.32 Å². The van der Waals surface area contributed by atoms with E-state index >= 15 is 0 Å². The first-order chi connectivity index (χ1) is 16.5. The zero-order valence-corrected chi connectivity index (χ0v) is 20.0. The summed E-state index contributed by atoms with van der Waals surface area (Å²) in [6.07, 6.45) is 6.33. The molecule has 1 aliphatic carbocycles. The van der Waals surface area contributed by atoms with E-state index < -0.39 is 0 Å². The van der Waals surface area contributed by atoms with Gasteiger partial charge in [-0.2, -0.15) is 0 Å². The maximum Gasteiger partial charge on any atom is 0.341 e. The molecule has 3 heterocycles. The molecule has 5 rings (SSSR count). The topological polar surface area (TPSA) is 81.4 Å². The molecule has 1 aromatic carbocycles. The largest absolute Gasteiger partial charge is 0.463 e. The van der Waals surface area contributed by atoms with E-state index in [4.69, 9.17) is 9.15 Å². The number of fused-ring (bicyclic) bond motifs is 2. The van der Waals surface area contributed by atoms with Crippen LogP contribution in [0.3, 0.4) is 0 Å². The normalized spacial score (nSPS) is 13.5. The highest BCUT2D eigenvalue weighted by Gasteiger charge is 2.28. The van der Waals surface area contributed by atoms with Gasteiger partial charge in [-0.1, -0.05) is 24.6 Å². The smallest absolute Gasteiger partial charge is 0.341 e. The number of rotatable bonds is 5. The molecule has 34 heavy (non-hydrogen) atoms. The standard InChI is InChI=1S/C27H26N2O4S/c1-16(2)33-27(31)24-18-10-4-3-5-13-23(18)34-26(24)29-25(30)19-15-21(22-12-8-14-32-22)28-20-11-7-6-9-17(19)20/h6-9,11-12,14-16H,3-5,10,13H2,1-2H3,(H,29,30). The van der Waals surface area contributed by atoms with Crippen LogP contribution >= 0.6 is 11.3 Å². The monoisotopic (exact) mass is 474 g/mol. The number of amides is 1. The number of nitrogens with zero attached hydrogens (tertiary/aromatic N) is 1. The van der Waals surface area contributed by atoms with Crippen molar-refractivity contribution >= 4 is 39.1 Å². The van der Waals surface area contributed by atoms with Crippen molar-refractivity contribution in [3.8, 4) is 11.5 Å². The van der Waals surface area contributed by atoms with Gasteiger partial charge in [-0.3, -0.25) is 4.79 Å². The lowest BCUT2D eigenvalue weighted by Gasteiger charge is -2.12. The second-order valence-electron chi connectivity index (χ2n) is 8.73. The minimum absolute atomic E-state index is 0.239. The molecule has 0 aliphatic heterocycles. The Morgan fingerprint density at radius 1 is 1.09 bits per heavy atom. The molecule has 6 nitrogen and oxygen atoms in total. The van der Waals surface area contributed by atoms with E-state index in [1.54, 1.807) is 18.4 Å². The maximum atomic E-state index is 13.6. The van der Waals surface area contributed by atoms with Crippen LogP contribution in [-0.4, -0.2) is 23.0 Å². The van der Waals surface area contributed by atoms with Crippen molar-refractivity contribution in [3.63, 3.8) is 0 Å². The van der Waals surface area contributed by atoms with Crippen molar-refractivity contribution in [1.82, 2.24) is 4.98 Å². The first kappa shape index (κ1) is 22.3. The van der Waals surface area contributed by atoms with Crippen molar-refractivity contribution < 1.29 is 18.7 Å². The average Bonchev–Trinajstić information content (AvgIpc) is 3.41. The number of thiophene rings is 1. The number of aromatic nitrogens is 1. The summed E-state index contributed by atoms with van der Waals surface area (Å²) in [4.78, 5) is 32.5. The molecular weight excluding hydrogens is 448 g/mol. The summed E-state index contributed by atoms with van der Waals surface area (Å²) in [5.74, 6) is -0.0779. The number of carbonyl (C=O) groups is 2. The number of furan rings is 1. The fraction of sp³-hybridized carbons (Fsp3) is 0.296. The number of carbonyl (C=O) groups excluding carboxylic acids is 2. The molecule has 0 saturated heterocycles. The number of para-hydroxylation sites is 1. The van der Waals surface area contributed by atoms with Gasteiger partial charge in [-0.25, -0.2) is 9.78 Å². The first-order valence-corrected chi connectivity index (χ1v) is 12.4. The van der Waals surface area contributed by atoms with Gasteiger partial charge < -0.3 is 14.5 Å². The number of nitrogens with one attached hydrogen (secondary N) is 1. The molecule has 1 amide bonds. The Hall–Kier alpha value is -3.45. The molecule has 0 bridgehead atoms. The van der Waals surface area contributed by atoms with E-state index in [9.17, 15) is 9.59 Å². The molecule has 4 aromatic rings. The van der Waals surface area contributed by atoms with Crippen molar-refractivity contribution in [2.45, 2.75) is 52.1 Å². The number of hydrogen-bond acceptors (Lipinski definition) is 6. The highest BCUT2D eigenvalue weighted by molar-refractivity contribution is 7.17. The summed E-state index contributed by atoms with van der Waals surface area (Å²) in [6.45, 7) is 3.67. The SMILES string of the molecule is CC(C)OC(=O)c1c(NC(=O)c2cc(-c3ccco3)nc3ccccc23)sc2c1CCCCC2. The van der Waals surface area contributed by atoms with Crippen molar-refractivity contribution in [2.75, 3.05) is 5.32 Å². The van der Waals surface area contributed by atoms with E-state index in [-0.39, 0.29) is 18.0 Å². The van der Waals surface area contributed by atoms with Gasteiger partial charge in [0.05, 0.1) is 29.0 Å². The summed E-state index contributed by atoms with van der Waals surface area (Å²) in [7, 11) is 0. The Morgan fingerprint density at radius 3 is 2.71 bits per heavy atom. The molecule has 0 unspecified atom stereocenters. The Morgan fingerprint density at radius 2 is 1.91 bits per heavy atom. The zero-order valence-electron chi connectivity index (χ0n) is 19.2. The molecule has 174 valence electrons. The molecule has 0 fully saturated rings. The summed E-state index contributed by atoms with van der Waals surface area (Å²) in [5, 5.41) is 4.34. The van der Waals surface area contributed by atoms with Crippen LogP contribution in [0.2, 0.25) is 0 Å². The van der Waals surface area contributed by atoms with Crippen LogP contribution in [0, 0.1) is 0 Å². The second kappa shape index (κ2) is 9.43. The maximum absolute atomic E-state index is 13.6. The summed E-state index contributed by atoms with van der Waals surface area (Å²) in [6, 6.07) is 12.9. The van der Waals surface area contributed by atoms with Gasteiger partial charge in [0, 0.05) is 10.3 Å². The van der Waals surface area contributed by atoms with Gasteiger partial charge in [0.15, 0.2) is 5.76 Å². The van der Waals surface area contributed by atoms with Gasteiger partial charge in [0.2, 0.25) is 0 Å². The minimum Gasteiger partial charge on any atom is -0.463 e. The van der Waals surface area contributed by atoms with Crippen LogP contribution in [0.1, 0.15) is 64.3 Å². The van der Waals surface area contributed by atoms with E-state index in [2.05, 4.69) is 10.3 Å². The Bertz CT molecular complexity index is 1350. The van der Waals surface area contributed by atoms with E-state index in [1.165, 1.54) is 16.2 Å². The predicted molar refractivity (Wildman–Crippen MR) is 134 cm³/mol. The molecule has 1 N–H and O–H groups in total. The molecule has 0 radical (unpaired) electrons. The van der Waals surface area contributed by atoms with Crippen LogP contribution in [0.15, 0.2) is 53.1 Å². The molecular formula is C27H26N2O4S. The number of anilines is 1. The van der Waals surface area contributed by atoms with Gasteiger partial charge in [0.1, 0.15) is 10.7 Å². The van der Waals surface area contributed by atoms with Gasteiger partial charge in [-0.05, 0) is 69.4 Å². The number of hydrogen-bond donors (Lipinski definition) is 1. The van der Waals surface area contributed by atoms with E-state index in [1.807, 2.05) is 44.2 Å². The Kier molecular flexibility index (Phi) is 6.20. The Balaban J connectivity index is 1.57. The van der Waals surface area contributed by atoms with Gasteiger partial charge in [0.25, 0.3) is 5.91 Å². The molecule has 7 heteroatoms. The number of benzene rings is 1. The lowest BCUT2D eigenvalue weighted by atomic mass is 10.0. The molecule has 0 atom stereocenters. The summed E-state index contributed by atoms with van der Waals surface area (Å²) >= 11 is 1.49. The number of esters is 1. The summed E-state index contributed by atoms with van der Waals surface area (Å²) in [5.41, 5.74) is 3.29. The fourth-order valence-corrected chi connectivity index (χ4v) is 5.68. The number of pyridine rings is 1. The van der Waals surface area contributed by atoms with Crippen LogP contribution in [0.4, 0.5) is 5.00 Å². The van der Waals surface area contributed by atoms with Crippen LogP contribution in [0.25, 0.3) is 22.4 Å². The predicted octanol–water partition coefficient (Wildman–Crippen LogP) is 6.64. The lowest BCUT2D eigenvalue weighted by molar-refractivity contribution is 0.0378. The summed E-state index contributed by atoms with van der Waals surface area (Å²) < 4.78 is 11.1. The molecule has 3 aromatic heterocycles. The van der Waals surface area contributed by atoms with E-state index in [0.717, 1.165) is 43.1 Å². The lowest BCUT2D eigenvalue weighted by Crippen LogP contribution is -2.18. The van der Waals surface area contributed by atoms with Gasteiger partial charge >= 0.3 is 5.97 Å². The zero-order chi connectivity index (χ0) is 23.7. The third-order valence-corrected chi connectivity index (χ3v) is 7.14. The number of aryl methyl sites for hydroxylation is 1. The third-order valence-electron chi connectivity index (χ3n) is 5.93. The van der Waals surface area contributed by atoms with Crippen molar-refractivity contribution in [1.29, 1.82) is 0 Å². The highest BCUT2D eigenvalue weighted by atomic mass is 32.1. The first-order valence-electron chi connectivity index (χ1n) is 11.6. The second-order valence-corrected chi connectivity index (χ2v) is 9.83. The fourth-order valence-electron chi connectivity index (χ4n) is 4.40. The van der Waals surface area contributed by atoms with Crippen molar-refractivity contribution in [2.24, 2.45) is 0 Å². The third kappa shape index (κ3) is 4.35. The van der Waals surface area contributed by atoms with Crippen molar-refractivity contribution in [3.05, 3.63) is 70.3 Å². The minimum atomic E-state index is -0.374. The van der Waals surface area contributed by atoms with Crippen LogP contribution in [0.5, 0.6) is 0 Å². The quantitative estimate of drug-likeness (QED) is 0.259. The molecule has 0 saturated carbocycles. The molecule has 1 aliphatic rings. The van der Waals surface area contributed by atoms with E-state index in [0.29, 0.717) is 33.1 Å².